The Balaban J connectivity index is 1.45. The summed E-state index contributed by atoms with van der Waals surface area (Å²) in [5, 5.41) is 11.1. The van der Waals surface area contributed by atoms with Crippen LogP contribution in [-0.2, 0) is 17.8 Å². The van der Waals surface area contributed by atoms with Crippen molar-refractivity contribution in [2.45, 2.75) is 31.7 Å². The van der Waals surface area contributed by atoms with Gasteiger partial charge < -0.3 is 18.9 Å². The molecule has 2 aliphatic rings. The van der Waals surface area contributed by atoms with Crippen LogP contribution in [0.5, 0.6) is 11.5 Å². The number of pyridine rings is 1. The van der Waals surface area contributed by atoms with Gasteiger partial charge in [-0.1, -0.05) is 6.07 Å². The Bertz CT molecular complexity index is 1080. The summed E-state index contributed by atoms with van der Waals surface area (Å²) in [6.07, 6.45) is 1.85. The Labute approximate surface area is 179 Å². The molecule has 0 radical (unpaired) electrons. The third-order valence-corrected chi connectivity index (χ3v) is 6.21. The van der Waals surface area contributed by atoms with E-state index in [0.29, 0.717) is 44.0 Å². The van der Waals surface area contributed by atoms with Crippen molar-refractivity contribution in [3.8, 4) is 11.5 Å². The van der Waals surface area contributed by atoms with Crippen molar-refractivity contribution in [2.75, 3.05) is 27.3 Å². The second-order valence-electron chi connectivity index (χ2n) is 8.10. The number of piperidine rings is 1. The second-order valence-corrected chi connectivity index (χ2v) is 8.10. The van der Waals surface area contributed by atoms with E-state index in [0.717, 1.165) is 17.7 Å². The lowest BCUT2D eigenvalue weighted by Crippen LogP contribution is -2.49. The van der Waals surface area contributed by atoms with Crippen molar-refractivity contribution < 1.29 is 19.2 Å². The molecule has 0 N–H and O–H groups in total. The van der Waals surface area contributed by atoms with Gasteiger partial charge in [-0.15, -0.1) is 0 Å². The molecule has 9 nitrogen and oxygen atoms in total. The molecule has 164 valence electrons. The summed E-state index contributed by atoms with van der Waals surface area (Å²) in [5.41, 5.74) is 0.827. The van der Waals surface area contributed by atoms with Crippen LogP contribution in [0.3, 0.4) is 0 Å². The van der Waals surface area contributed by atoms with Crippen LogP contribution in [0.25, 0.3) is 0 Å². The van der Waals surface area contributed by atoms with Gasteiger partial charge in [-0.05, 0) is 42.5 Å². The fourth-order valence-corrected chi connectivity index (χ4v) is 4.72. The maximum Gasteiger partial charge on any atom is 0.334 e. The smallest absolute Gasteiger partial charge is 0.334 e. The van der Waals surface area contributed by atoms with Crippen molar-refractivity contribution in [2.24, 2.45) is 5.92 Å². The van der Waals surface area contributed by atoms with E-state index in [1.54, 1.807) is 20.3 Å². The number of carbonyl (C=O) groups excluding carboxylic acids is 1. The predicted octanol–water partition coefficient (Wildman–Crippen LogP) is 2.35. The van der Waals surface area contributed by atoms with Gasteiger partial charge in [-0.3, -0.25) is 19.7 Å². The number of nitrogens with zero attached hydrogens (tertiary/aromatic N) is 3. The Morgan fingerprint density at radius 1 is 1.13 bits per heavy atom. The van der Waals surface area contributed by atoms with Crippen LogP contribution >= 0.6 is 0 Å². The summed E-state index contributed by atoms with van der Waals surface area (Å²) in [6, 6.07) is 8.59. The molecule has 1 amide bonds. The van der Waals surface area contributed by atoms with Crippen LogP contribution in [0, 0.1) is 16.0 Å². The molecule has 2 aromatic rings. The standard InChI is InChI=1S/C22H25N3O6/c1-30-19-7-3-14(10-20(19)31-2)4-8-21(26)23-11-15-9-16(13-23)17-5-6-18(25(28)29)22(27)24(17)12-15/h3,5-7,10,15-16H,4,8-9,11-13H2,1-2H3/t15-,16+/m1/s1. The number of hydrogen-bond acceptors (Lipinski definition) is 6. The number of fused-ring (bicyclic) bond motifs is 4. The van der Waals surface area contributed by atoms with Crippen LogP contribution in [0.2, 0.25) is 0 Å². The quantitative estimate of drug-likeness (QED) is 0.518. The van der Waals surface area contributed by atoms with Crippen LogP contribution in [0.15, 0.2) is 35.1 Å². The summed E-state index contributed by atoms with van der Waals surface area (Å²) in [6.45, 7) is 1.50. The van der Waals surface area contributed by atoms with Gasteiger partial charge in [-0.2, -0.15) is 0 Å². The van der Waals surface area contributed by atoms with E-state index >= 15 is 0 Å². The van der Waals surface area contributed by atoms with E-state index in [2.05, 4.69) is 0 Å². The van der Waals surface area contributed by atoms with Crippen molar-refractivity contribution in [1.29, 1.82) is 0 Å². The summed E-state index contributed by atoms with van der Waals surface area (Å²) >= 11 is 0. The van der Waals surface area contributed by atoms with E-state index in [9.17, 15) is 19.7 Å². The lowest BCUT2D eigenvalue weighted by atomic mass is 9.83. The van der Waals surface area contributed by atoms with E-state index in [1.807, 2.05) is 23.1 Å². The molecule has 1 aromatic heterocycles. The van der Waals surface area contributed by atoms with Crippen molar-refractivity contribution in [3.63, 3.8) is 0 Å². The monoisotopic (exact) mass is 427 g/mol. The van der Waals surface area contributed by atoms with Gasteiger partial charge >= 0.3 is 11.2 Å². The molecule has 2 bridgehead atoms. The highest BCUT2D eigenvalue weighted by atomic mass is 16.6. The zero-order valence-electron chi connectivity index (χ0n) is 17.6. The van der Waals surface area contributed by atoms with Crippen LogP contribution < -0.4 is 15.0 Å². The molecule has 0 aliphatic carbocycles. The van der Waals surface area contributed by atoms with Crippen LogP contribution in [0.4, 0.5) is 5.69 Å². The minimum Gasteiger partial charge on any atom is -0.493 e. The molecule has 1 aromatic carbocycles. The summed E-state index contributed by atoms with van der Waals surface area (Å²) in [4.78, 5) is 37.7. The third-order valence-electron chi connectivity index (χ3n) is 6.21. The van der Waals surface area contributed by atoms with Crippen molar-refractivity contribution in [1.82, 2.24) is 9.47 Å². The molecule has 9 heteroatoms. The molecule has 1 fully saturated rings. The van der Waals surface area contributed by atoms with E-state index < -0.39 is 16.2 Å². The topological polar surface area (TPSA) is 104 Å². The first kappa shape index (κ1) is 20.9. The molecule has 0 spiro atoms. The number of rotatable bonds is 6. The van der Waals surface area contributed by atoms with Gasteiger partial charge in [0.05, 0.1) is 19.1 Å². The lowest BCUT2D eigenvalue weighted by Gasteiger charge is -2.42. The SMILES string of the molecule is COc1ccc(CCC(=O)N2C[C@H]3C[C@@H](C2)c2ccc([N+](=O)[O-])c(=O)n2C3)cc1OC. The third kappa shape index (κ3) is 3.99. The molecule has 0 saturated carbocycles. The molecular formula is C22H25N3O6. The number of carbonyl (C=O) groups is 1. The highest BCUT2D eigenvalue weighted by Crippen LogP contribution is 2.36. The van der Waals surface area contributed by atoms with Gasteiger partial charge in [0.25, 0.3) is 0 Å². The maximum absolute atomic E-state index is 12.9. The number of nitro groups is 1. The lowest BCUT2D eigenvalue weighted by molar-refractivity contribution is -0.386. The normalized spacial score (nSPS) is 19.5. The first-order valence-corrected chi connectivity index (χ1v) is 10.3. The number of hydrogen-bond donors (Lipinski definition) is 0. The molecule has 0 unspecified atom stereocenters. The number of likely N-dealkylation sites (tertiary alicyclic amines) is 1. The van der Waals surface area contributed by atoms with E-state index in [4.69, 9.17) is 9.47 Å². The van der Waals surface area contributed by atoms with E-state index in [1.165, 1.54) is 10.6 Å². The number of ether oxygens (including phenoxy) is 2. The van der Waals surface area contributed by atoms with Crippen LogP contribution in [0.1, 0.15) is 30.0 Å². The zero-order valence-corrected chi connectivity index (χ0v) is 17.6. The molecule has 2 aliphatic heterocycles. The average molecular weight is 427 g/mol. The Kier molecular flexibility index (Phi) is 5.67. The molecule has 1 saturated heterocycles. The zero-order chi connectivity index (χ0) is 22.1. The Hall–Kier alpha value is -3.36. The van der Waals surface area contributed by atoms with Gasteiger partial charge in [0.2, 0.25) is 5.91 Å². The molecule has 2 atom stereocenters. The van der Waals surface area contributed by atoms with Crippen molar-refractivity contribution in [3.05, 3.63) is 62.1 Å². The number of aryl methyl sites for hydroxylation is 1. The minimum atomic E-state index is -0.635. The van der Waals surface area contributed by atoms with Gasteiger partial charge in [0, 0.05) is 43.7 Å². The largest absolute Gasteiger partial charge is 0.493 e. The predicted molar refractivity (Wildman–Crippen MR) is 113 cm³/mol. The van der Waals surface area contributed by atoms with Gasteiger partial charge in [0.15, 0.2) is 11.5 Å². The average Bonchev–Trinajstić information content (AvgIpc) is 2.77. The van der Waals surface area contributed by atoms with E-state index in [-0.39, 0.29) is 17.7 Å². The highest BCUT2D eigenvalue weighted by molar-refractivity contribution is 5.76. The molecule has 4 rings (SSSR count). The minimum absolute atomic E-state index is 0.0195. The summed E-state index contributed by atoms with van der Waals surface area (Å²) in [7, 11) is 3.16. The number of methoxy groups -OCH3 is 2. The van der Waals surface area contributed by atoms with Gasteiger partial charge in [0.1, 0.15) is 0 Å². The number of aromatic nitrogens is 1. The first-order valence-electron chi connectivity index (χ1n) is 10.3. The molecular weight excluding hydrogens is 402 g/mol. The second kappa shape index (κ2) is 8.41. The summed E-state index contributed by atoms with van der Waals surface area (Å²) < 4.78 is 12.1. The number of benzene rings is 1. The fourth-order valence-electron chi connectivity index (χ4n) is 4.72. The Morgan fingerprint density at radius 3 is 2.61 bits per heavy atom. The van der Waals surface area contributed by atoms with Crippen molar-refractivity contribution >= 4 is 11.6 Å². The number of amides is 1. The van der Waals surface area contributed by atoms with Gasteiger partial charge in [-0.25, -0.2) is 0 Å². The highest BCUT2D eigenvalue weighted by Gasteiger charge is 2.37. The summed E-state index contributed by atoms with van der Waals surface area (Å²) in [5.74, 6) is 1.50. The fraction of sp³-hybridized carbons (Fsp3) is 0.455. The first-order chi connectivity index (χ1) is 14.9. The molecule has 31 heavy (non-hydrogen) atoms. The Morgan fingerprint density at radius 2 is 1.90 bits per heavy atom. The maximum atomic E-state index is 12.9. The van der Waals surface area contributed by atoms with Crippen LogP contribution in [-0.4, -0.2) is 47.6 Å². The molecule has 3 heterocycles.